The highest BCUT2D eigenvalue weighted by Crippen LogP contribution is 2.18. The lowest BCUT2D eigenvalue weighted by Crippen LogP contribution is -2.32. The van der Waals surface area contributed by atoms with Crippen LogP contribution in [0.1, 0.15) is 18.9 Å². The summed E-state index contributed by atoms with van der Waals surface area (Å²) in [7, 11) is 0. The molecule has 18 heavy (non-hydrogen) atoms. The fourth-order valence-corrected chi connectivity index (χ4v) is 2.62. The normalized spacial score (nSPS) is 10.8. The SMILES string of the molecule is CCCN(CCSc1ccc(C)cc1)CC(=O)O. The van der Waals surface area contributed by atoms with Crippen LogP contribution in [0.4, 0.5) is 0 Å². The van der Waals surface area contributed by atoms with E-state index in [9.17, 15) is 4.79 Å². The number of nitrogens with zero attached hydrogens (tertiary/aromatic N) is 1. The van der Waals surface area contributed by atoms with Crippen LogP contribution in [-0.2, 0) is 4.79 Å². The van der Waals surface area contributed by atoms with E-state index >= 15 is 0 Å². The molecule has 0 unspecified atom stereocenters. The molecule has 0 saturated carbocycles. The van der Waals surface area contributed by atoms with Gasteiger partial charge in [-0.25, -0.2) is 0 Å². The van der Waals surface area contributed by atoms with E-state index in [2.05, 4.69) is 38.1 Å². The van der Waals surface area contributed by atoms with Crippen LogP contribution < -0.4 is 0 Å². The van der Waals surface area contributed by atoms with Crippen molar-refractivity contribution in [2.75, 3.05) is 25.4 Å². The zero-order valence-electron chi connectivity index (χ0n) is 11.1. The molecule has 0 fully saturated rings. The molecule has 0 radical (unpaired) electrons. The van der Waals surface area contributed by atoms with Crippen LogP contribution in [-0.4, -0.2) is 41.4 Å². The van der Waals surface area contributed by atoms with Gasteiger partial charge in [-0.3, -0.25) is 9.69 Å². The summed E-state index contributed by atoms with van der Waals surface area (Å²) in [4.78, 5) is 13.9. The van der Waals surface area contributed by atoms with Gasteiger partial charge in [-0.1, -0.05) is 24.6 Å². The highest BCUT2D eigenvalue weighted by Gasteiger charge is 2.08. The first-order valence-corrected chi connectivity index (χ1v) is 7.24. The van der Waals surface area contributed by atoms with Gasteiger partial charge in [0.05, 0.1) is 6.54 Å². The maximum atomic E-state index is 10.7. The predicted molar refractivity (Wildman–Crippen MR) is 76.3 cm³/mol. The molecule has 0 aromatic heterocycles. The Labute approximate surface area is 113 Å². The van der Waals surface area contributed by atoms with Crippen LogP contribution in [0, 0.1) is 6.92 Å². The predicted octanol–water partition coefficient (Wildman–Crippen LogP) is 2.88. The van der Waals surface area contributed by atoms with Crippen molar-refractivity contribution in [3.63, 3.8) is 0 Å². The number of hydrogen-bond acceptors (Lipinski definition) is 3. The van der Waals surface area contributed by atoms with Crippen LogP contribution in [0.3, 0.4) is 0 Å². The highest BCUT2D eigenvalue weighted by molar-refractivity contribution is 7.99. The van der Waals surface area contributed by atoms with Crippen molar-refractivity contribution in [1.29, 1.82) is 0 Å². The number of aliphatic carboxylic acids is 1. The topological polar surface area (TPSA) is 40.5 Å². The van der Waals surface area contributed by atoms with Gasteiger partial charge in [0, 0.05) is 17.2 Å². The lowest BCUT2D eigenvalue weighted by molar-refractivity contribution is -0.138. The van der Waals surface area contributed by atoms with Gasteiger partial charge in [0.25, 0.3) is 0 Å². The maximum Gasteiger partial charge on any atom is 0.317 e. The Bertz CT molecular complexity index is 365. The van der Waals surface area contributed by atoms with Gasteiger partial charge < -0.3 is 5.11 Å². The van der Waals surface area contributed by atoms with Gasteiger partial charge in [-0.05, 0) is 32.0 Å². The van der Waals surface area contributed by atoms with Crippen molar-refractivity contribution in [3.05, 3.63) is 29.8 Å². The quantitative estimate of drug-likeness (QED) is 0.735. The number of aryl methyl sites for hydroxylation is 1. The molecule has 0 aliphatic carbocycles. The smallest absolute Gasteiger partial charge is 0.317 e. The molecule has 1 aromatic rings. The van der Waals surface area contributed by atoms with Crippen molar-refractivity contribution in [2.45, 2.75) is 25.2 Å². The largest absolute Gasteiger partial charge is 0.480 e. The molecule has 4 heteroatoms. The van der Waals surface area contributed by atoms with Crippen LogP contribution in [0.5, 0.6) is 0 Å². The highest BCUT2D eigenvalue weighted by atomic mass is 32.2. The van der Waals surface area contributed by atoms with Crippen molar-refractivity contribution in [2.24, 2.45) is 0 Å². The minimum atomic E-state index is -0.746. The van der Waals surface area contributed by atoms with Crippen LogP contribution in [0.2, 0.25) is 0 Å². The van der Waals surface area contributed by atoms with Gasteiger partial charge in [0.15, 0.2) is 0 Å². The Morgan fingerprint density at radius 2 is 1.94 bits per heavy atom. The second-order valence-corrected chi connectivity index (χ2v) is 5.50. The summed E-state index contributed by atoms with van der Waals surface area (Å²) in [5, 5.41) is 8.81. The van der Waals surface area contributed by atoms with E-state index in [4.69, 9.17) is 5.11 Å². The van der Waals surface area contributed by atoms with E-state index < -0.39 is 5.97 Å². The summed E-state index contributed by atoms with van der Waals surface area (Å²) in [5.74, 6) is 0.180. The van der Waals surface area contributed by atoms with E-state index in [1.54, 1.807) is 11.8 Å². The Morgan fingerprint density at radius 3 is 2.50 bits per heavy atom. The Kier molecular flexibility index (Phi) is 6.83. The second kappa shape index (κ2) is 8.16. The number of carboxylic acid groups (broad SMARTS) is 1. The summed E-state index contributed by atoms with van der Waals surface area (Å²) in [6.07, 6.45) is 0.989. The summed E-state index contributed by atoms with van der Waals surface area (Å²) in [5.41, 5.74) is 1.26. The molecule has 3 nitrogen and oxygen atoms in total. The van der Waals surface area contributed by atoms with Crippen molar-refractivity contribution < 1.29 is 9.90 Å². The number of hydrogen-bond donors (Lipinski definition) is 1. The molecule has 0 aliphatic rings. The third-order valence-electron chi connectivity index (χ3n) is 2.60. The molecule has 100 valence electrons. The van der Waals surface area contributed by atoms with E-state index in [0.29, 0.717) is 0 Å². The third kappa shape index (κ3) is 6.07. The molecule has 0 aliphatic heterocycles. The lowest BCUT2D eigenvalue weighted by Gasteiger charge is -2.18. The molecule has 1 rings (SSSR count). The van der Waals surface area contributed by atoms with Crippen LogP contribution in [0.15, 0.2) is 29.2 Å². The molecule has 1 aromatic carbocycles. The number of carboxylic acids is 1. The van der Waals surface area contributed by atoms with Crippen molar-refractivity contribution >= 4 is 17.7 Å². The standard InChI is InChI=1S/C14H21NO2S/c1-3-8-15(11-14(16)17)9-10-18-13-6-4-12(2)5-7-13/h4-7H,3,8-11H2,1-2H3,(H,16,17). The average molecular weight is 267 g/mol. The Hall–Kier alpha value is -1.00. The summed E-state index contributed by atoms with van der Waals surface area (Å²) in [6.45, 7) is 5.95. The monoisotopic (exact) mass is 267 g/mol. The molecule has 0 heterocycles. The van der Waals surface area contributed by atoms with E-state index in [1.807, 2.05) is 4.90 Å². The van der Waals surface area contributed by atoms with Gasteiger partial charge in [-0.2, -0.15) is 0 Å². The summed E-state index contributed by atoms with van der Waals surface area (Å²) >= 11 is 1.78. The zero-order chi connectivity index (χ0) is 13.4. The van der Waals surface area contributed by atoms with Crippen molar-refractivity contribution in [1.82, 2.24) is 4.90 Å². The molecular formula is C14H21NO2S. The first kappa shape index (κ1) is 15.1. The van der Waals surface area contributed by atoms with Crippen LogP contribution in [0.25, 0.3) is 0 Å². The molecular weight excluding hydrogens is 246 g/mol. The van der Waals surface area contributed by atoms with E-state index in [1.165, 1.54) is 10.5 Å². The third-order valence-corrected chi connectivity index (χ3v) is 3.59. The maximum absolute atomic E-state index is 10.7. The first-order chi connectivity index (χ1) is 8.61. The van der Waals surface area contributed by atoms with Gasteiger partial charge in [0.1, 0.15) is 0 Å². The molecule has 0 atom stereocenters. The minimum Gasteiger partial charge on any atom is -0.480 e. The fraction of sp³-hybridized carbons (Fsp3) is 0.500. The summed E-state index contributed by atoms with van der Waals surface area (Å²) in [6, 6.07) is 8.43. The Balaban J connectivity index is 2.33. The fourth-order valence-electron chi connectivity index (χ4n) is 1.70. The molecule has 0 amide bonds. The lowest BCUT2D eigenvalue weighted by atomic mass is 10.2. The van der Waals surface area contributed by atoms with E-state index in [0.717, 1.165) is 25.3 Å². The second-order valence-electron chi connectivity index (χ2n) is 4.33. The molecule has 1 N–H and O–H groups in total. The van der Waals surface area contributed by atoms with Gasteiger partial charge in [-0.15, -0.1) is 11.8 Å². The van der Waals surface area contributed by atoms with Crippen LogP contribution >= 0.6 is 11.8 Å². The number of rotatable bonds is 8. The average Bonchev–Trinajstić information content (AvgIpc) is 2.31. The minimum absolute atomic E-state index is 0.141. The molecule has 0 bridgehead atoms. The molecule has 0 spiro atoms. The molecule has 0 saturated heterocycles. The Morgan fingerprint density at radius 1 is 1.28 bits per heavy atom. The summed E-state index contributed by atoms with van der Waals surface area (Å²) < 4.78 is 0. The number of thioether (sulfide) groups is 1. The van der Waals surface area contributed by atoms with E-state index in [-0.39, 0.29) is 6.54 Å². The zero-order valence-corrected chi connectivity index (χ0v) is 11.9. The van der Waals surface area contributed by atoms with Crippen molar-refractivity contribution in [3.8, 4) is 0 Å². The van der Waals surface area contributed by atoms with Gasteiger partial charge in [0.2, 0.25) is 0 Å². The van der Waals surface area contributed by atoms with Gasteiger partial charge >= 0.3 is 5.97 Å². The first-order valence-electron chi connectivity index (χ1n) is 6.25. The number of carbonyl (C=O) groups is 1. The number of benzene rings is 1.